The number of piperidine rings is 1. The Hall–Kier alpha value is -3.18. The number of rotatable bonds is 10. The van der Waals surface area contributed by atoms with Gasteiger partial charge in [0.05, 0.1) is 14.2 Å². The van der Waals surface area contributed by atoms with Crippen molar-refractivity contribution in [1.29, 1.82) is 0 Å². The number of likely N-dealkylation sites (tertiary alicyclic amines) is 1. The summed E-state index contributed by atoms with van der Waals surface area (Å²) in [6.45, 7) is 4.93. The van der Waals surface area contributed by atoms with Gasteiger partial charge in [0.25, 0.3) is 0 Å². The van der Waals surface area contributed by atoms with Gasteiger partial charge in [-0.05, 0) is 122 Å². The van der Waals surface area contributed by atoms with E-state index in [0.29, 0.717) is 5.92 Å². The Kier molecular flexibility index (Phi) is 8.52. The molecule has 1 saturated heterocycles. The number of benzene rings is 3. The van der Waals surface area contributed by atoms with Gasteiger partial charge in [-0.2, -0.15) is 0 Å². The van der Waals surface area contributed by atoms with E-state index in [2.05, 4.69) is 70.9 Å². The Morgan fingerprint density at radius 3 is 2.32 bits per heavy atom. The zero-order chi connectivity index (χ0) is 25.5. The summed E-state index contributed by atoms with van der Waals surface area (Å²) >= 11 is 0. The van der Waals surface area contributed by atoms with E-state index < -0.39 is 0 Å². The lowest BCUT2D eigenvalue weighted by Gasteiger charge is -2.27. The lowest BCUT2D eigenvalue weighted by atomic mass is 9.78. The highest BCUT2D eigenvalue weighted by Gasteiger charge is 2.23. The van der Waals surface area contributed by atoms with Crippen molar-refractivity contribution in [1.82, 2.24) is 4.90 Å². The molecule has 3 aromatic carbocycles. The van der Waals surface area contributed by atoms with E-state index in [0.717, 1.165) is 61.9 Å². The van der Waals surface area contributed by atoms with Crippen molar-refractivity contribution in [3.8, 4) is 17.2 Å². The molecule has 0 saturated carbocycles. The Morgan fingerprint density at radius 2 is 1.54 bits per heavy atom. The molecule has 0 bridgehead atoms. The summed E-state index contributed by atoms with van der Waals surface area (Å²) in [5.41, 5.74) is 6.65. The van der Waals surface area contributed by atoms with Crippen LogP contribution in [0, 0.1) is 0 Å². The second kappa shape index (κ2) is 12.4. The van der Waals surface area contributed by atoms with Gasteiger partial charge < -0.3 is 19.5 Å². The molecule has 0 spiro atoms. The standard InChI is InChI=1S/C32H40N2O3/c1-35-30-11-8-24-20-26(7-6-25(24)21-30)32-15-14-31(36-2)22-27(32)23-33-28-9-12-29(13-10-28)37-19-18-34-16-4-3-5-17-34/h8-15,21-22,26,33H,3-7,16-20,23H2,1-2H3. The number of ether oxygens (including phenoxy) is 3. The number of nitrogens with one attached hydrogen (secondary N) is 1. The maximum atomic E-state index is 6.00. The number of anilines is 1. The van der Waals surface area contributed by atoms with Gasteiger partial charge in [0, 0.05) is 18.8 Å². The van der Waals surface area contributed by atoms with Crippen LogP contribution in [-0.2, 0) is 19.4 Å². The van der Waals surface area contributed by atoms with E-state index in [1.807, 2.05) is 0 Å². The average molecular weight is 501 g/mol. The third-order valence-corrected chi connectivity index (χ3v) is 7.89. The molecule has 0 amide bonds. The molecule has 2 aliphatic rings. The zero-order valence-corrected chi connectivity index (χ0v) is 22.3. The van der Waals surface area contributed by atoms with Gasteiger partial charge in [-0.1, -0.05) is 18.6 Å². The van der Waals surface area contributed by atoms with E-state index in [1.165, 1.54) is 54.6 Å². The molecule has 0 radical (unpaired) electrons. The Labute approximate surface area is 221 Å². The molecular weight excluding hydrogens is 460 g/mol. The fourth-order valence-corrected chi connectivity index (χ4v) is 5.73. The van der Waals surface area contributed by atoms with Gasteiger partial charge in [-0.15, -0.1) is 0 Å². The fourth-order valence-electron chi connectivity index (χ4n) is 5.73. The normalized spacial score (nSPS) is 17.6. The van der Waals surface area contributed by atoms with Crippen LogP contribution in [0.4, 0.5) is 5.69 Å². The number of methoxy groups -OCH3 is 2. The van der Waals surface area contributed by atoms with Crippen molar-refractivity contribution in [3.63, 3.8) is 0 Å². The van der Waals surface area contributed by atoms with Crippen molar-refractivity contribution < 1.29 is 14.2 Å². The number of hydrogen-bond donors (Lipinski definition) is 1. The Bertz CT molecular complexity index is 1160. The third-order valence-electron chi connectivity index (χ3n) is 7.89. The number of aryl methyl sites for hydroxylation is 1. The van der Waals surface area contributed by atoms with Crippen LogP contribution in [0.3, 0.4) is 0 Å². The summed E-state index contributed by atoms with van der Waals surface area (Å²) in [7, 11) is 3.47. The van der Waals surface area contributed by atoms with E-state index in [4.69, 9.17) is 14.2 Å². The van der Waals surface area contributed by atoms with Crippen LogP contribution in [0.25, 0.3) is 0 Å². The number of hydrogen-bond acceptors (Lipinski definition) is 5. The first-order valence-electron chi connectivity index (χ1n) is 13.7. The highest BCUT2D eigenvalue weighted by Crippen LogP contribution is 2.37. The molecule has 3 aromatic rings. The molecule has 5 rings (SSSR count). The summed E-state index contributed by atoms with van der Waals surface area (Å²) in [6.07, 6.45) is 7.28. The molecule has 0 aromatic heterocycles. The van der Waals surface area contributed by atoms with Crippen LogP contribution in [0.2, 0.25) is 0 Å². The predicted octanol–water partition coefficient (Wildman–Crippen LogP) is 6.45. The smallest absolute Gasteiger partial charge is 0.119 e. The molecular formula is C32H40N2O3. The molecule has 1 aliphatic carbocycles. The van der Waals surface area contributed by atoms with Gasteiger partial charge in [0.15, 0.2) is 0 Å². The second-order valence-corrected chi connectivity index (χ2v) is 10.3. The number of nitrogens with zero attached hydrogens (tertiary/aromatic N) is 1. The minimum Gasteiger partial charge on any atom is -0.497 e. The van der Waals surface area contributed by atoms with Gasteiger partial charge in [-0.25, -0.2) is 0 Å². The Balaban J connectivity index is 1.20. The van der Waals surface area contributed by atoms with Crippen molar-refractivity contribution in [2.24, 2.45) is 0 Å². The molecule has 1 heterocycles. The topological polar surface area (TPSA) is 43.0 Å². The van der Waals surface area contributed by atoms with Gasteiger partial charge in [-0.3, -0.25) is 4.90 Å². The van der Waals surface area contributed by atoms with E-state index in [-0.39, 0.29) is 0 Å². The quantitative estimate of drug-likeness (QED) is 0.346. The first-order chi connectivity index (χ1) is 18.2. The van der Waals surface area contributed by atoms with E-state index >= 15 is 0 Å². The van der Waals surface area contributed by atoms with Gasteiger partial charge >= 0.3 is 0 Å². The highest BCUT2D eigenvalue weighted by molar-refractivity contribution is 5.49. The molecule has 1 unspecified atom stereocenters. The first-order valence-corrected chi connectivity index (χ1v) is 13.7. The molecule has 1 fully saturated rings. The van der Waals surface area contributed by atoms with Crippen molar-refractivity contribution in [2.45, 2.75) is 51.0 Å². The molecule has 196 valence electrons. The van der Waals surface area contributed by atoms with E-state index in [9.17, 15) is 0 Å². The SMILES string of the molecule is COc1ccc2c(c1)CCC(c1ccc(OC)cc1CNc1ccc(OCCN3CCCCC3)cc1)C2. The molecule has 1 N–H and O–H groups in total. The lowest BCUT2D eigenvalue weighted by Crippen LogP contribution is -2.33. The maximum absolute atomic E-state index is 6.00. The summed E-state index contributed by atoms with van der Waals surface area (Å²) in [6, 6.07) is 21.4. The van der Waals surface area contributed by atoms with Gasteiger partial charge in [0.1, 0.15) is 23.9 Å². The largest absolute Gasteiger partial charge is 0.497 e. The summed E-state index contributed by atoms with van der Waals surface area (Å²) in [4.78, 5) is 2.51. The molecule has 1 aliphatic heterocycles. The lowest BCUT2D eigenvalue weighted by molar-refractivity contribution is 0.183. The second-order valence-electron chi connectivity index (χ2n) is 10.3. The first kappa shape index (κ1) is 25.5. The highest BCUT2D eigenvalue weighted by atomic mass is 16.5. The summed E-state index contributed by atoms with van der Waals surface area (Å²) in [5, 5.41) is 3.63. The van der Waals surface area contributed by atoms with E-state index in [1.54, 1.807) is 14.2 Å². The van der Waals surface area contributed by atoms with Crippen LogP contribution in [0.15, 0.2) is 60.7 Å². The molecule has 5 heteroatoms. The average Bonchev–Trinajstić information content (AvgIpc) is 2.96. The van der Waals surface area contributed by atoms with Crippen LogP contribution < -0.4 is 19.5 Å². The van der Waals surface area contributed by atoms with Crippen LogP contribution in [0.1, 0.15) is 53.9 Å². The molecule has 1 atom stereocenters. The van der Waals surface area contributed by atoms with Crippen LogP contribution in [-0.4, -0.2) is 45.4 Å². The van der Waals surface area contributed by atoms with Crippen molar-refractivity contribution >= 4 is 5.69 Å². The minimum absolute atomic E-state index is 0.499. The predicted molar refractivity (Wildman–Crippen MR) is 150 cm³/mol. The zero-order valence-electron chi connectivity index (χ0n) is 22.3. The maximum Gasteiger partial charge on any atom is 0.119 e. The van der Waals surface area contributed by atoms with Crippen molar-refractivity contribution in [3.05, 3.63) is 82.9 Å². The third kappa shape index (κ3) is 6.58. The van der Waals surface area contributed by atoms with Gasteiger partial charge in [0.2, 0.25) is 0 Å². The molecule has 37 heavy (non-hydrogen) atoms. The summed E-state index contributed by atoms with van der Waals surface area (Å²) < 4.78 is 17.0. The number of fused-ring (bicyclic) bond motifs is 1. The van der Waals surface area contributed by atoms with Crippen molar-refractivity contribution in [2.75, 3.05) is 45.8 Å². The molecule has 5 nitrogen and oxygen atoms in total. The van der Waals surface area contributed by atoms with Crippen LogP contribution >= 0.6 is 0 Å². The monoisotopic (exact) mass is 500 g/mol. The summed E-state index contributed by atoms with van der Waals surface area (Å²) in [5.74, 6) is 3.28. The fraction of sp³-hybridized carbons (Fsp3) is 0.438. The minimum atomic E-state index is 0.499. The van der Waals surface area contributed by atoms with Crippen LogP contribution in [0.5, 0.6) is 17.2 Å². The Morgan fingerprint density at radius 1 is 0.811 bits per heavy atom.